The highest BCUT2D eigenvalue weighted by molar-refractivity contribution is 9.10. The second kappa shape index (κ2) is 7.06. The molecule has 2 rings (SSSR count). The highest BCUT2D eigenvalue weighted by Gasteiger charge is 2.15. The van der Waals surface area contributed by atoms with Gasteiger partial charge in [0, 0.05) is 26.7 Å². The van der Waals surface area contributed by atoms with Gasteiger partial charge < -0.3 is 5.32 Å². The van der Waals surface area contributed by atoms with E-state index >= 15 is 0 Å². The Bertz CT molecular complexity index is 495. The van der Waals surface area contributed by atoms with E-state index < -0.39 is 0 Å². The summed E-state index contributed by atoms with van der Waals surface area (Å²) in [4.78, 5) is 2.70. The highest BCUT2D eigenvalue weighted by Crippen LogP contribution is 2.32. The second-order valence-corrected chi connectivity index (χ2v) is 7.65. The SMILES string of the molecule is CCCNC(Cc1sccc1Br)c1ccc(Cl)s1. The average molecular weight is 365 g/mol. The summed E-state index contributed by atoms with van der Waals surface area (Å²) < 4.78 is 2.07. The van der Waals surface area contributed by atoms with Crippen molar-refractivity contribution < 1.29 is 0 Å². The molecule has 0 saturated carbocycles. The summed E-state index contributed by atoms with van der Waals surface area (Å²) in [5, 5.41) is 5.72. The van der Waals surface area contributed by atoms with E-state index in [9.17, 15) is 0 Å². The van der Waals surface area contributed by atoms with Gasteiger partial charge in [-0.1, -0.05) is 18.5 Å². The molecule has 0 radical (unpaired) electrons. The van der Waals surface area contributed by atoms with Crippen LogP contribution in [0.4, 0.5) is 0 Å². The van der Waals surface area contributed by atoms with Crippen LogP contribution in [0.5, 0.6) is 0 Å². The summed E-state index contributed by atoms with van der Waals surface area (Å²) in [7, 11) is 0. The summed E-state index contributed by atoms with van der Waals surface area (Å²) in [6, 6.07) is 6.57. The van der Waals surface area contributed by atoms with Crippen molar-refractivity contribution in [2.45, 2.75) is 25.8 Å². The number of hydrogen-bond donors (Lipinski definition) is 1. The molecule has 0 bridgehead atoms. The van der Waals surface area contributed by atoms with Gasteiger partial charge in [0.05, 0.1) is 4.34 Å². The Hall–Kier alpha value is 0.130. The Kier molecular flexibility index (Phi) is 5.70. The van der Waals surface area contributed by atoms with Crippen molar-refractivity contribution in [1.82, 2.24) is 5.32 Å². The Balaban J connectivity index is 2.12. The van der Waals surface area contributed by atoms with E-state index in [2.05, 4.69) is 45.7 Å². The first-order chi connectivity index (χ1) is 8.70. The van der Waals surface area contributed by atoms with Crippen LogP contribution in [0.25, 0.3) is 0 Å². The van der Waals surface area contributed by atoms with Crippen molar-refractivity contribution in [3.8, 4) is 0 Å². The normalized spacial score (nSPS) is 12.8. The first-order valence-electron chi connectivity index (χ1n) is 5.91. The van der Waals surface area contributed by atoms with Crippen LogP contribution in [-0.4, -0.2) is 6.54 Å². The van der Waals surface area contributed by atoms with Gasteiger partial charge in [-0.2, -0.15) is 0 Å². The quantitative estimate of drug-likeness (QED) is 0.712. The van der Waals surface area contributed by atoms with Crippen molar-refractivity contribution in [2.75, 3.05) is 6.54 Å². The predicted molar refractivity (Wildman–Crippen MR) is 86.1 cm³/mol. The van der Waals surface area contributed by atoms with Crippen LogP contribution in [0.15, 0.2) is 28.1 Å². The number of thiophene rings is 2. The summed E-state index contributed by atoms with van der Waals surface area (Å²) in [5.74, 6) is 0. The molecule has 2 aromatic rings. The van der Waals surface area contributed by atoms with E-state index in [-0.39, 0.29) is 0 Å². The fourth-order valence-electron chi connectivity index (χ4n) is 1.76. The first kappa shape index (κ1) is 14.5. The minimum Gasteiger partial charge on any atom is -0.309 e. The third-order valence-corrected chi connectivity index (χ3v) is 5.95. The Morgan fingerprint density at radius 3 is 2.78 bits per heavy atom. The number of halogens is 2. The van der Waals surface area contributed by atoms with Gasteiger partial charge in [0.25, 0.3) is 0 Å². The largest absolute Gasteiger partial charge is 0.309 e. The monoisotopic (exact) mass is 363 g/mol. The molecule has 2 heterocycles. The molecule has 0 aliphatic rings. The maximum absolute atomic E-state index is 6.04. The zero-order chi connectivity index (χ0) is 13.0. The first-order valence-corrected chi connectivity index (χ1v) is 8.78. The molecule has 0 aliphatic carbocycles. The molecule has 18 heavy (non-hydrogen) atoms. The minimum absolute atomic E-state index is 0.359. The van der Waals surface area contributed by atoms with E-state index in [1.165, 1.54) is 14.2 Å². The molecule has 0 spiro atoms. The molecule has 0 saturated heterocycles. The average Bonchev–Trinajstić information content (AvgIpc) is 2.94. The van der Waals surface area contributed by atoms with E-state index in [1.54, 1.807) is 22.7 Å². The van der Waals surface area contributed by atoms with Gasteiger partial charge >= 0.3 is 0 Å². The van der Waals surface area contributed by atoms with Gasteiger partial charge in [0.15, 0.2) is 0 Å². The summed E-state index contributed by atoms with van der Waals surface area (Å²) in [5.41, 5.74) is 0. The van der Waals surface area contributed by atoms with Crippen LogP contribution < -0.4 is 5.32 Å². The lowest BCUT2D eigenvalue weighted by atomic mass is 10.1. The van der Waals surface area contributed by atoms with Crippen LogP contribution in [0.3, 0.4) is 0 Å². The van der Waals surface area contributed by atoms with Crippen molar-refractivity contribution in [2.24, 2.45) is 0 Å². The Labute approximate surface area is 129 Å². The van der Waals surface area contributed by atoms with Crippen molar-refractivity contribution in [3.05, 3.63) is 42.1 Å². The second-order valence-electron chi connectivity index (χ2n) is 4.04. The molecular formula is C13H15BrClNS2. The molecular weight excluding hydrogens is 350 g/mol. The molecule has 0 aliphatic heterocycles. The number of nitrogens with one attached hydrogen (secondary N) is 1. The van der Waals surface area contributed by atoms with Crippen LogP contribution in [0, 0.1) is 0 Å². The molecule has 1 atom stereocenters. The molecule has 1 N–H and O–H groups in total. The van der Waals surface area contributed by atoms with Gasteiger partial charge in [0.2, 0.25) is 0 Å². The summed E-state index contributed by atoms with van der Waals surface area (Å²) >= 11 is 13.1. The maximum Gasteiger partial charge on any atom is 0.0931 e. The van der Waals surface area contributed by atoms with E-state index in [4.69, 9.17) is 11.6 Å². The molecule has 98 valence electrons. The minimum atomic E-state index is 0.359. The predicted octanol–water partition coefficient (Wildman–Crippen LogP) is 5.51. The topological polar surface area (TPSA) is 12.0 Å². The maximum atomic E-state index is 6.04. The highest BCUT2D eigenvalue weighted by atomic mass is 79.9. The lowest BCUT2D eigenvalue weighted by Crippen LogP contribution is -2.23. The summed E-state index contributed by atoms with van der Waals surface area (Å²) in [6.07, 6.45) is 2.15. The Morgan fingerprint density at radius 2 is 2.22 bits per heavy atom. The fraction of sp³-hybridized carbons (Fsp3) is 0.385. The molecule has 1 unspecified atom stereocenters. The molecule has 0 amide bonds. The van der Waals surface area contributed by atoms with Gasteiger partial charge in [-0.05, 0) is 52.5 Å². The molecule has 2 aromatic heterocycles. The molecule has 1 nitrogen and oxygen atoms in total. The van der Waals surface area contributed by atoms with Crippen LogP contribution in [0.1, 0.15) is 29.1 Å². The van der Waals surface area contributed by atoms with E-state index in [1.807, 2.05) is 6.07 Å². The zero-order valence-electron chi connectivity index (χ0n) is 10.1. The van der Waals surface area contributed by atoms with Crippen molar-refractivity contribution in [1.29, 1.82) is 0 Å². The van der Waals surface area contributed by atoms with Gasteiger partial charge in [-0.15, -0.1) is 22.7 Å². The van der Waals surface area contributed by atoms with Gasteiger partial charge in [-0.3, -0.25) is 0 Å². The fourth-order valence-corrected chi connectivity index (χ4v) is 4.46. The number of rotatable bonds is 6. The third-order valence-electron chi connectivity index (χ3n) is 2.66. The molecule has 0 aromatic carbocycles. The molecule has 0 fully saturated rings. The summed E-state index contributed by atoms with van der Waals surface area (Å²) in [6.45, 7) is 3.22. The van der Waals surface area contributed by atoms with Crippen LogP contribution in [0.2, 0.25) is 4.34 Å². The zero-order valence-corrected chi connectivity index (χ0v) is 14.1. The molecule has 5 heteroatoms. The lowest BCUT2D eigenvalue weighted by molar-refractivity contribution is 0.539. The van der Waals surface area contributed by atoms with Crippen molar-refractivity contribution in [3.63, 3.8) is 0 Å². The van der Waals surface area contributed by atoms with E-state index in [0.717, 1.165) is 23.7 Å². The standard InChI is InChI=1S/C13H15BrClNS2/c1-2-6-16-10(11-3-4-13(15)18-11)8-12-9(14)5-7-17-12/h3-5,7,10,16H,2,6,8H2,1H3. The van der Waals surface area contributed by atoms with Gasteiger partial charge in [0.1, 0.15) is 0 Å². The lowest BCUT2D eigenvalue weighted by Gasteiger charge is -2.16. The Morgan fingerprint density at radius 1 is 1.39 bits per heavy atom. The van der Waals surface area contributed by atoms with Crippen LogP contribution in [-0.2, 0) is 6.42 Å². The van der Waals surface area contributed by atoms with Gasteiger partial charge in [-0.25, -0.2) is 0 Å². The smallest absolute Gasteiger partial charge is 0.0931 e. The van der Waals surface area contributed by atoms with Crippen molar-refractivity contribution >= 4 is 50.2 Å². The van der Waals surface area contributed by atoms with Crippen LogP contribution >= 0.6 is 50.2 Å². The third kappa shape index (κ3) is 3.81. The number of hydrogen-bond acceptors (Lipinski definition) is 3. The van der Waals surface area contributed by atoms with E-state index in [0.29, 0.717) is 6.04 Å².